The zero-order valence-corrected chi connectivity index (χ0v) is 19.3. The number of nitrogens with two attached hydrogens (primary N) is 4. The van der Waals surface area contributed by atoms with Crippen molar-refractivity contribution < 1.29 is 34.2 Å². The van der Waals surface area contributed by atoms with Crippen LogP contribution in [0.1, 0.15) is 39.5 Å². The van der Waals surface area contributed by atoms with Gasteiger partial charge < -0.3 is 49.1 Å². The topological polar surface area (TPSA) is 278 Å². The molecule has 15 nitrogen and oxygen atoms in total. The molecule has 5 atom stereocenters. The SMILES string of the molecule is CCC(C)C(NC(=O)C(N)CC(N)=O)C(=O)NC(CCCN=C(N)N)C(=O)NC(CO)C(=O)O. The van der Waals surface area contributed by atoms with Crippen molar-refractivity contribution in [3.05, 3.63) is 0 Å². The Kier molecular flexibility index (Phi) is 13.8. The second-order valence-corrected chi connectivity index (χ2v) is 7.74. The van der Waals surface area contributed by atoms with Gasteiger partial charge in [0.25, 0.3) is 0 Å². The number of carboxylic acid groups (broad SMARTS) is 1. The van der Waals surface area contributed by atoms with Crippen molar-refractivity contribution in [2.45, 2.75) is 63.7 Å². The predicted molar refractivity (Wildman–Crippen MR) is 122 cm³/mol. The van der Waals surface area contributed by atoms with Crippen LogP contribution in [0.15, 0.2) is 4.99 Å². The van der Waals surface area contributed by atoms with E-state index in [0.29, 0.717) is 6.42 Å². The highest BCUT2D eigenvalue weighted by Gasteiger charge is 2.32. The van der Waals surface area contributed by atoms with Crippen LogP contribution >= 0.6 is 0 Å². The normalized spacial score (nSPS) is 15.1. The lowest BCUT2D eigenvalue weighted by Gasteiger charge is -2.27. The first-order valence-electron chi connectivity index (χ1n) is 10.7. The second kappa shape index (κ2) is 15.4. The molecule has 0 saturated heterocycles. The first kappa shape index (κ1) is 30.5. The Labute approximate surface area is 197 Å². The van der Waals surface area contributed by atoms with E-state index in [9.17, 15) is 24.0 Å². The number of hydrogen-bond acceptors (Lipinski definition) is 8. The van der Waals surface area contributed by atoms with Gasteiger partial charge in [0.15, 0.2) is 5.96 Å². The average molecular weight is 489 g/mol. The zero-order valence-electron chi connectivity index (χ0n) is 19.3. The van der Waals surface area contributed by atoms with Crippen LogP contribution in [0.5, 0.6) is 0 Å². The van der Waals surface area contributed by atoms with Crippen molar-refractivity contribution in [1.82, 2.24) is 16.0 Å². The Balaban J connectivity index is 5.58. The van der Waals surface area contributed by atoms with Crippen molar-refractivity contribution >= 4 is 35.6 Å². The molecule has 0 aromatic heterocycles. The molecular formula is C19H36N8O7. The van der Waals surface area contributed by atoms with Crippen LogP contribution < -0.4 is 38.9 Å². The third kappa shape index (κ3) is 11.4. The van der Waals surface area contributed by atoms with E-state index in [0.717, 1.165) is 0 Å². The molecule has 15 heteroatoms. The number of aliphatic hydroxyl groups is 1. The van der Waals surface area contributed by atoms with Gasteiger partial charge in [-0.1, -0.05) is 20.3 Å². The molecule has 0 radical (unpaired) electrons. The third-order valence-electron chi connectivity index (χ3n) is 4.93. The van der Waals surface area contributed by atoms with Crippen LogP contribution in [0.4, 0.5) is 0 Å². The van der Waals surface area contributed by atoms with Gasteiger partial charge in [0.1, 0.15) is 18.1 Å². The Hall–Kier alpha value is -3.46. The van der Waals surface area contributed by atoms with Crippen LogP contribution in [0.25, 0.3) is 0 Å². The molecular weight excluding hydrogens is 452 g/mol. The maximum Gasteiger partial charge on any atom is 0.328 e. The number of nitrogens with zero attached hydrogens (tertiary/aromatic N) is 1. The van der Waals surface area contributed by atoms with E-state index in [1.165, 1.54) is 0 Å². The number of primary amides is 1. The summed E-state index contributed by atoms with van der Waals surface area (Å²) in [6.45, 7) is 2.74. The summed E-state index contributed by atoms with van der Waals surface area (Å²) in [6, 6.07) is -5.19. The van der Waals surface area contributed by atoms with Gasteiger partial charge in [0, 0.05) is 6.54 Å². The number of aliphatic hydroxyl groups excluding tert-OH is 1. The largest absolute Gasteiger partial charge is 0.480 e. The lowest BCUT2D eigenvalue weighted by Crippen LogP contribution is -2.59. The Morgan fingerprint density at radius 1 is 0.941 bits per heavy atom. The molecule has 5 unspecified atom stereocenters. The maximum absolute atomic E-state index is 13.0. The fourth-order valence-electron chi connectivity index (χ4n) is 2.76. The van der Waals surface area contributed by atoms with Crippen molar-refractivity contribution in [2.24, 2.45) is 33.8 Å². The molecule has 194 valence electrons. The van der Waals surface area contributed by atoms with E-state index in [-0.39, 0.29) is 31.3 Å². The van der Waals surface area contributed by atoms with Gasteiger partial charge in [-0.3, -0.25) is 24.2 Å². The fraction of sp³-hybridized carbons (Fsp3) is 0.684. The number of hydrogen-bond donors (Lipinski definition) is 9. The third-order valence-corrected chi connectivity index (χ3v) is 4.93. The van der Waals surface area contributed by atoms with Gasteiger partial charge in [0.05, 0.1) is 19.1 Å². The van der Waals surface area contributed by atoms with Crippen LogP contribution in [-0.2, 0) is 24.0 Å². The first-order valence-corrected chi connectivity index (χ1v) is 10.7. The molecule has 0 saturated carbocycles. The number of carboxylic acids is 1. The Morgan fingerprint density at radius 2 is 1.53 bits per heavy atom. The summed E-state index contributed by atoms with van der Waals surface area (Å²) < 4.78 is 0. The summed E-state index contributed by atoms with van der Waals surface area (Å²) in [7, 11) is 0. The molecule has 13 N–H and O–H groups in total. The summed E-state index contributed by atoms with van der Waals surface area (Å²) in [6.07, 6.45) is 0.316. The van der Waals surface area contributed by atoms with E-state index in [4.69, 9.17) is 33.1 Å². The molecule has 0 aromatic carbocycles. The van der Waals surface area contributed by atoms with Gasteiger partial charge in [0.2, 0.25) is 23.6 Å². The number of carbonyl (C=O) groups excluding carboxylic acids is 4. The summed E-state index contributed by atoms with van der Waals surface area (Å²) in [4.78, 5) is 63.9. The second-order valence-electron chi connectivity index (χ2n) is 7.74. The lowest BCUT2D eigenvalue weighted by atomic mass is 9.97. The Bertz CT molecular complexity index is 757. The van der Waals surface area contributed by atoms with Crippen molar-refractivity contribution in [3.8, 4) is 0 Å². The van der Waals surface area contributed by atoms with Crippen LogP contribution in [0.2, 0.25) is 0 Å². The van der Waals surface area contributed by atoms with Crippen molar-refractivity contribution in [2.75, 3.05) is 13.2 Å². The quantitative estimate of drug-likeness (QED) is 0.0573. The molecule has 0 rings (SSSR count). The van der Waals surface area contributed by atoms with E-state index >= 15 is 0 Å². The molecule has 0 aliphatic heterocycles. The minimum Gasteiger partial charge on any atom is -0.480 e. The molecule has 34 heavy (non-hydrogen) atoms. The summed E-state index contributed by atoms with van der Waals surface area (Å²) in [5.41, 5.74) is 21.2. The number of aliphatic imine (C=N–C) groups is 1. The highest BCUT2D eigenvalue weighted by atomic mass is 16.4. The standard InChI is InChI=1S/C19H36N8O7/c1-3-9(2)14(27-15(30)10(20)7-13(21)29)17(32)25-11(5-4-6-24-19(22)23)16(31)26-12(8-28)18(33)34/h9-12,14,28H,3-8,20H2,1-2H3,(H2,21,29)(H,25,32)(H,26,31)(H,27,30)(H,33,34)(H4,22,23,24). The minimum absolute atomic E-state index is 0.0223. The predicted octanol–water partition coefficient (Wildman–Crippen LogP) is -4.18. The summed E-state index contributed by atoms with van der Waals surface area (Å²) in [5.74, 6) is -5.18. The maximum atomic E-state index is 13.0. The summed E-state index contributed by atoms with van der Waals surface area (Å²) in [5, 5.41) is 25.3. The molecule has 0 spiro atoms. The molecule has 0 fully saturated rings. The number of guanidine groups is 1. The fourth-order valence-corrected chi connectivity index (χ4v) is 2.76. The van der Waals surface area contributed by atoms with Crippen LogP contribution in [-0.4, -0.2) is 83.1 Å². The monoisotopic (exact) mass is 488 g/mol. The van der Waals surface area contributed by atoms with E-state index < -0.39 is 66.8 Å². The smallest absolute Gasteiger partial charge is 0.328 e. The van der Waals surface area contributed by atoms with Gasteiger partial charge in [-0.05, 0) is 18.8 Å². The van der Waals surface area contributed by atoms with E-state index in [1.54, 1.807) is 13.8 Å². The number of rotatable bonds is 16. The number of aliphatic carboxylic acids is 1. The molecule has 0 bridgehead atoms. The zero-order chi connectivity index (χ0) is 26.4. The van der Waals surface area contributed by atoms with E-state index in [2.05, 4.69) is 20.9 Å². The van der Waals surface area contributed by atoms with Gasteiger partial charge in [-0.25, -0.2) is 4.79 Å². The first-order chi connectivity index (χ1) is 15.8. The highest BCUT2D eigenvalue weighted by Crippen LogP contribution is 2.10. The average Bonchev–Trinajstić information content (AvgIpc) is 2.75. The number of amides is 4. The lowest BCUT2D eigenvalue weighted by molar-refractivity contribution is -0.143. The molecule has 0 aliphatic carbocycles. The Morgan fingerprint density at radius 3 is 2.00 bits per heavy atom. The highest BCUT2D eigenvalue weighted by molar-refractivity contribution is 5.95. The number of nitrogens with one attached hydrogen (secondary N) is 3. The van der Waals surface area contributed by atoms with Crippen LogP contribution in [0, 0.1) is 5.92 Å². The van der Waals surface area contributed by atoms with E-state index in [1.807, 2.05) is 0 Å². The van der Waals surface area contributed by atoms with Gasteiger partial charge in [-0.2, -0.15) is 0 Å². The van der Waals surface area contributed by atoms with Gasteiger partial charge >= 0.3 is 5.97 Å². The summed E-state index contributed by atoms with van der Waals surface area (Å²) >= 11 is 0. The van der Waals surface area contributed by atoms with Gasteiger partial charge in [-0.15, -0.1) is 0 Å². The minimum atomic E-state index is -1.58. The molecule has 0 heterocycles. The van der Waals surface area contributed by atoms with Crippen molar-refractivity contribution in [1.29, 1.82) is 0 Å². The van der Waals surface area contributed by atoms with Crippen molar-refractivity contribution in [3.63, 3.8) is 0 Å². The molecule has 0 aliphatic rings. The molecule has 0 aromatic rings. The number of carbonyl (C=O) groups is 5. The van der Waals surface area contributed by atoms with Crippen LogP contribution in [0.3, 0.4) is 0 Å². The molecule has 4 amide bonds.